The zero-order chi connectivity index (χ0) is 60.5. The second-order valence-corrected chi connectivity index (χ2v) is 28.1. The Morgan fingerprint density at radius 2 is 1.57 bits per heavy atom. The lowest BCUT2D eigenvalue weighted by Crippen LogP contribution is -2.69. The zero-order valence-corrected chi connectivity index (χ0v) is 52.0. The maximum Gasteiger partial charge on any atom is 0.311 e. The van der Waals surface area contributed by atoms with Crippen molar-refractivity contribution in [2.75, 3.05) is 40.8 Å². The van der Waals surface area contributed by atoms with Gasteiger partial charge in [0.2, 0.25) is 0 Å². The molecule has 4 aliphatic carbocycles. The van der Waals surface area contributed by atoms with Crippen LogP contribution in [0.4, 0.5) is 0 Å². The van der Waals surface area contributed by atoms with Crippen LogP contribution in [-0.2, 0) is 42.8 Å². The fourth-order valence-electron chi connectivity index (χ4n) is 16.5. The lowest BCUT2D eigenvalue weighted by molar-refractivity contribution is -0.318. The van der Waals surface area contributed by atoms with E-state index >= 15 is 0 Å². The van der Waals surface area contributed by atoms with Gasteiger partial charge >= 0.3 is 5.97 Å². The molecule has 8 N–H and O–H groups in total. The van der Waals surface area contributed by atoms with Crippen LogP contribution in [0, 0.1) is 46.3 Å². The Hall–Kier alpha value is -2.18. The molecule has 8 unspecified atom stereocenters. The van der Waals surface area contributed by atoms with Crippen molar-refractivity contribution in [2.45, 2.75) is 255 Å². The van der Waals surface area contributed by atoms with Crippen molar-refractivity contribution >= 4 is 29.3 Å². The van der Waals surface area contributed by atoms with Gasteiger partial charge in [-0.1, -0.05) is 53.2 Å². The Balaban J connectivity index is 1.16. The molecule has 3 heterocycles. The van der Waals surface area contributed by atoms with Gasteiger partial charge in [-0.15, -0.1) is 11.6 Å². The van der Waals surface area contributed by atoms with Crippen LogP contribution in [0.5, 0.6) is 0 Å². The Morgan fingerprint density at radius 1 is 0.901 bits per heavy atom. The first kappa shape index (κ1) is 66.3. The highest BCUT2D eigenvalue weighted by molar-refractivity contribution is 6.26. The van der Waals surface area contributed by atoms with Gasteiger partial charge in [0.15, 0.2) is 24.0 Å². The van der Waals surface area contributed by atoms with Crippen LogP contribution in [-0.4, -0.2) is 211 Å². The van der Waals surface area contributed by atoms with Gasteiger partial charge in [-0.2, -0.15) is 0 Å². The molecule has 81 heavy (non-hydrogen) atoms. The highest BCUT2D eigenvalue weighted by Gasteiger charge is 2.75. The number of carbonyl (C=O) groups excluding carboxylic acids is 3. The smallest absolute Gasteiger partial charge is 0.311 e. The number of aliphatic hydroxyl groups excluding tert-OH is 4. The topological polar surface area (TPSA) is 267 Å². The fraction of sp³-hybridized carbons (Fsp3) is 0.885. The summed E-state index contributed by atoms with van der Waals surface area (Å²) >= 11 is 7.67. The molecule has 19 nitrogen and oxygen atoms in total. The van der Waals surface area contributed by atoms with E-state index in [0.717, 1.165) is 5.57 Å². The molecule has 1 amide bonds. The number of rotatable bonds is 12. The Morgan fingerprint density at radius 3 is 2.20 bits per heavy atom. The van der Waals surface area contributed by atoms with Crippen LogP contribution in [0.2, 0.25) is 0 Å². The average molecular weight is 1170 g/mol. The number of methoxy groups -OCH3 is 1. The van der Waals surface area contributed by atoms with Crippen molar-refractivity contribution in [1.29, 1.82) is 0 Å². The summed E-state index contributed by atoms with van der Waals surface area (Å²) in [5, 5.41) is 88.9. The van der Waals surface area contributed by atoms with Crippen LogP contribution in [0.1, 0.15) is 148 Å². The van der Waals surface area contributed by atoms with Gasteiger partial charge in [0, 0.05) is 62.0 Å². The average Bonchev–Trinajstić information content (AvgIpc) is 2.79. The van der Waals surface area contributed by atoms with Gasteiger partial charge < -0.3 is 74.4 Å². The van der Waals surface area contributed by atoms with Gasteiger partial charge in [0.1, 0.15) is 30.0 Å². The number of aliphatic hydroxyl groups is 7. The normalized spacial score (nSPS) is 50.3. The number of hydrogen-bond acceptors (Lipinski definition) is 18. The number of carbonyl (C=O) groups is 3. The number of allylic oxidation sites excluding steroid dienone is 4. The molecular weight excluding hydrogens is 1070 g/mol. The molecule has 0 aromatic rings. The number of esters is 1. The first-order valence-electron chi connectivity index (χ1n) is 30.1. The number of hydrogen-bond donors (Lipinski definition) is 8. The van der Waals surface area contributed by atoms with Gasteiger partial charge in [-0.25, -0.2) is 0 Å². The van der Waals surface area contributed by atoms with Crippen molar-refractivity contribution < 1.29 is 78.6 Å². The van der Waals surface area contributed by atoms with Crippen molar-refractivity contribution in [3.63, 3.8) is 0 Å². The second kappa shape index (κ2) is 24.5. The SMILES string of the molecule is CC[C@H]1OC(=O)[C@H](C)C(OC2C[C@](C)(OC)[C@H](O)C(C)O2)[C@H](C)C(OC2OC(C)C[C@@H](N(C)C)[C@H]2O)[C@](C)(O)C[C@@H](C)CN(CCCNC(=O)[C@@]2(O)[C@@H](C)CC3C4CCC5=CC(=O)C=C[C@]5(C)[C@@]4(Cl)[C@@H](O)C[C@@]32C)[C@H](C)[C@@H](O)[C@]1(C)O. The predicted molar refractivity (Wildman–Crippen MR) is 303 cm³/mol. The fourth-order valence-corrected chi connectivity index (χ4v) is 17.1. The molecule has 0 radical (unpaired) electrons. The van der Waals surface area contributed by atoms with E-state index < -0.39 is 135 Å². The molecule has 464 valence electrons. The molecule has 6 fully saturated rings. The Kier molecular flexibility index (Phi) is 20.1. The molecule has 0 aromatic carbocycles. The molecule has 3 saturated heterocycles. The third kappa shape index (κ3) is 11.9. The van der Waals surface area contributed by atoms with E-state index in [0.29, 0.717) is 32.1 Å². The number of cyclic esters (lactones) is 1. The standard InChI is InChI=1S/C61H102ClN3O16/c1-17-45-59(13,74)49(69)37(7)65(24-18-23-63-54(72)61(75)33(3)25-42-41-20-19-39-27-40(66)21-22-55(39,9)60(41,62)44(67)29-56(42,61)10)31-32(2)28-57(11,73)51(81-53-47(68)43(64(14)15)26-34(4)77-53)35(5)48(36(6)52(71)79-45)80-46-30-58(12,76-16)50(70)38(8)78-46/h21-22,27,32-38,41-51,53,67-70,73-75H,17-20,23-26,28-31H2,1-16H3,(H,63,72)/t32-,33+,34?,35+,36-,37-,38?,41?,42?,43-,44+,45-,46?,47-,48?,49-,50-,51?,53?,55+,56+,57-,58+,59-,60+,61+/m1/s1. The molecule has 3 saturated carbocycles. The Bertz CT molecular complexity index is 2310. The summed E-state index contributed by atoms with van der Waals surface area (Å²) in [5.74, 6) is -4.70. The molecule has 0 spiro atoms. The highest BCUT2D eigenvalue weighted by atomic mass is 35.5. The molecule has 0 bridgehead atoms. The quantitative estimate of drug-likeness (QED) is 0.0765. The second-order valence-electron chi connectivity index (χ2n) is 27.5. The molecule has 7 rings (SSSR count). The van der Waals surface area contributed by atoms with E-state index in [4.69, 9.17) is 40.0 Å². The van der Waals surface area contributed by atoms with E-state index in [1.807, 2.05) is 64.6 Å². The molecular formula is C61H102ClN3O16. The first-order valence-corrected chi connectivity index (χ1v) is 30.5. The molecule has 26 atom stereocenters. The maximum atomic E-state index is 14.7. The molecule has 20 heteroatoms. The summed E-state index contributed by atoms with van der Waals surface area (Å²) in [4.78, 5) is 44.6. The van der Waals surface area contributed by atoms with E-state index in [-0.39, 0.29) is 81.0 Å². The van der Waals surface area contributed by atoms with Crippen LogP contribution < -0.4 is 5.32 Å². The summed E-state index contributed by atoms with van der Waals surface area (Å²) in [7, 11) is 5.22. The predicted octanol–water partition coefficient (Wildman–Crippen LogP) is 4.39. The summed E-state index contributed by atoms with van der Waals surface area (Å²) in [5.41, 5.74) is -7.62. The van der Waals surface area contributed by atoms with E-state index in [2.05, 4.69) is 5.32 Å². The van der Waals surface area contributed by atoms with Gasteiger partial charge in [0.05, 0.1) is 52.5 Å². The third-order valence-corrected chi connectivity index (χ3v) is 22.4. The summed E-state index contributed by atoms with van der Waals surface area (Å²) in [6, 6.07) is -1.14. The lowest BCUT2D eigenvalue weighted by atomic mass is 9.45. The van der Waals surface area contributed by atoms with Gasteiger partial charge in [-0.05, 0) is 150 Å². The van der Waals surface area contributed by atoms with Crippen molar-refractivity contribution in [3.05, 3.63) is 23.8 Å². The number of fused-ring (bicyclic) bond motifs is 5. The number of ketones is 1. The van der Waals surface area contributed by atoms with E-state index in [1.165, 1.54) is 20.1 Å². The number of ether oxygens (including phenoxy) is 6. The van der Waals surface area contributed by atoms with E-state index in [1.54, 1.807) is 54.5 Å². The number of nitrogens with one attached hydrogen (secondary N) is 1. The lowest BCUT2D eigenvalue weighted by Gasteiger charge is -2.63. The van der Waals surface area contributed by atoms with Crippen molar-refractivity contribution in [2.24, 2.45) is 46.3 Å². The van der Waals surface area contributed by atoms with E-state index in [9.17, 15) is 50.1 Å². The molecule has 7 aliphatic rings. The van der Waals surface area contributed by atoms with Crippen molar-refractivity contribution in [1.82, 2.24) is 15.1 Å². The molecule has 3 aliphatic heterocycles. The zero-order valence-electron chi connectivity index (χ0n) is 51.3. The van der Waals surface area contributed by atoms with Gasteiger partial charge in [-0.3, -0.25) is 19.3 Å². The number of nitrogens with zero attached hydrogens (tertiary/aromatic N) is 2. The first-order chi connectivity index (χ1) is 37.5. The monoisotopic (exact) mass is 1170 g/mol. The van der Waals surface area contributed by atoms with Crippen LogP contribution in [0.25, 0.3) is 0 Å². The highest BCUT2D eigenvalue weighted by Crippen LogP contribution is 2.71. The minimum absolute atomic E-state index is 0.0723. The van der Waals surface area contributed by atoms with Crippen LogP contribution in [0.15, 0.2) is 23.8 Å². The van der Waals surface area contributed by atoms with Crippen LogP contribution in [0.3, 0.4) is 0 Å². The van der Waals surface area contributed by atoms with Crippen molar-refractivity contribution in [3.8, 4) is 0 Å². The Labute approximate surface area is 486 Å². The summed E-state index contributed by atoms with van der Waals surface area (Å²) in [6.07, 6.45) is -3.64. The minimum Gasteiger partial charge on any atom is -0.459 e. The number of alkyl halides is 1. The summed E-state index contributed by atoms with van der Waals surface area (Å²) in [6.45, 7) is 23.7. The minimum atomic E-state index is -2.00. The largest absolute Gasteiger partial charge is 0.459 e. The number of amides is 1. The number of likely N-dealkylation sites (N-methyl/N-ethyl adjacent to an activating group) is 1. The van der Waals surface area contributed by atoms with Gasteiger partial charge in [0.25, 0.3) is 5.91 Å². The van der Waals surface area contributed by atoms with Crippen LogP contribution >= 0.6 is 11.6 Å². The summed E-state index contributed by atoms with van der Waals surface area (Å²) < 4.78 is 38.3. The third-order valence-electron chi connectivity index (χ3n) is 21.5. The maximum absolute atomic E-state index is 14.7. The number of halogens is 1. The molecule has 0 aromatic heterocycles.